The molecule has 0 spiro atoms. The molecule has 1 fully saturated rings. The van der Waals surface area contributed by atoms with Crippen molar-refractivity contribution in [3.05, 3.63) is 10.4 Å². The molecule has 134 valence electrons. The lowest BCUT2D eigenvalue weighted by atomic mass is 9.98. The van der Waals surface area contributed by atoms with Gasteiger partial charge in [-0.05, 0) is 5.53 Å². The van der Waals surface area contributed by atoms with Crippen molar-refractivity contribution in [2.75, 3.05) is 13.7 Å². The van der Waals surface area contributed by atoms with Gasteiger partial charge in [-0.1, -0.05) is 5.11 Å². The Morgan fingerprint density at radius 3 is 1.96 bits per heavy atom. The highest BCUT2D eigenvalue weighted by atomic mass is 16.7. The molecule has 0 aromatic rings. The van der Waals surface area contributed by atoms with E-state index < -0.39 is 48.6 Å². The number of ether oxygens (including phenoxy) is 5. The largest absolute Gasteiger partial charge is 0.456 e. The highest BCUT2D eigenvalue weighted by Crippen LogP contribution is 2.29. The first-order chi connectivity index (χ1) is 11.3. The highest BCUT2D eigenvalue weighted by molar-refractivity contribution is 5.68. The Morgan fingerprint density at radius 1 is 1.00 bits per heavy atom. The molecule has 0 amide bonds. The van der Waals surface area contributed by atoms with Crippen molar-refractivity contribution >= 4 is 17.9 Å². The summed E-state index contributed by atoms with van der Waals surface area (Å²) in [5, 5.41) is 3.38. The van der Waals surface area contributed by atoms with Crippen molar-refractivity contribution < 1.29 is 38.1 Å². The molecule has 1 heterocycles. The summed E-state index contributed by atoms with van der Waals surface area (Å²) in [6, 6.07) is 0. The smallest absolute Gasteiger partial charge is 0.303 e. The van der Waals surface area contributed by atoms with Crippen LogP contribution < -0.4 is 0 Å². The molecule has 1 aliphatic rings. The minimum absolute atomic E-state index is 0.209. The summed E-state index contributed by atoms with van der Waals surface area (Å²) < 4.78 is 26.1. The zero-order valence-electron chi connectivity index (χ0n) is 13.7. The van der Waals surface area contributed by atoms with Gasteiger partial charge >= 0.3 is 17.9 Å². The van der Waals surface area contributed by atoms with E-state index in [0.717, 1.165) is 20.8 Å². The SMILES string of the molecule is CO[C@H]1O[C@H](CN=[N+]=[N-])[C@H](OC(C)=O)[C@H](OC(C)=O)[C@H]1OC(C)=O. The average molecular weight is 345 g/mol. The molecular formula is C13H19N3O8. The molecule has 11 heteroatoms. The van der Waals surface area contributed by atoms with Gasteiger partial charge in [0.25, 0.3) is 0 Å². The van der Waals surface area contributed by atoms with E-state index in [1.54, 1.807) is 0 Å². The Labute approximate surface area is 137 Å². The second-order valence-corrected chi connectivity index (χ2v) is 4.91. The normalized spacial score (nSPS) is 29.1. The first-order valence-corrected chi connectivity index (χ1v) is 7.01. The molecule has 0 aliphatic carbocycles. The summed E-state index contributed by atoms with van der Waals surface area (Å²) in [5.74, 6) is -2.03. The van der Waals surface area contributed by atoms with E-state index in [-0.39, 0.29) is 6.54 Å². The van der Waals surface area contributed by atoms with Crippen LogP contribution in [0.3, 0.4) is 0 Å². The first kappa shape index (κ1) is 19.7. The fourth-order valence-corrected chi connectivity index (χ4v) is 2.31. The Bertz CT molecular complexity index is 533. The van der Waals surface area contributed by atoms with E-state index in [0.29, 0.717) is 0 Å². The van der Waals surface area contributed by atoms with Crippen molar-refractivity contribution in [3.8, 4) is 0 Å². The lowest BCUT2D eigenvalue weighted by Gasteiger charge is -2.43. The van der Waals surface area contributed by atoms with E-state index >= 15 is 0 Å². The first-order valence-electron chi connectivity index (χ1n) is 7.01. The van der Waals surface area contributed by atoms with Gasteiger partial charge in [-0.15, -0.1) is 0 Å². The number of carbonyl (C=O) groups excluding carboxylic acids is 3. The molecule has 1 rings (SSSR count). The maximum Gasteiger partial charge on any atom is 0.303 e. The molecule has 1 aliphatic heterocycles. The van der Waals surface area contributed by atoms with Gasteiger partial charge in [-0.25, -0.2) is 0 Å². The highest BCUT2D eigenvalue weighted by Gasteiger charge is 2.51. The molecule has 0 aromatic carbocycles. The summed E-state index contributed by atoms with van der Waals surface area (Å²) in [6.07, 6.45) is -5.56. The number of nitrogens with zero attached hydrogens (tertiary/aromatic N) is 3. The van der Waals surface area contributed by atoms with Crippen LogP contribution in [0.2, 0.25) is 0 Å². The number of azide groups is 1. The molecule has 11 nitrogen and oxygen atoms in total. The van der Waals surface area contributed by atoms with E-state index in [4.69, 9.17) is 29.2 Å². The van der Waals surface area contributed by atoms with Crippen molar-refractivity contribution in [2.24, 2.45) is 5.11 Å². The van der Waals surface area contributed by atoms with Gasteiger partial charge in [0.2, 0.25) is 0 Å². The van der Waals surface area contributed by atoms with Gasteiger partial charge in [0.05, 0.1) is 6.54 Å². The second-order valence-electron chi connectivity index (χ2n) is 4.91. The van der Waals surface area contributed by atoms with Crippen molar-refractivity contribution in [1.82, 2.24) is 0 Å². The number of carbonyl (C=O) groups is 3. The Hall–Kier alpha value is -2.36. The summed E-state index contributed by atoms with van der Waals surface area (Å²) in [5.41, 5.74) is 8.48. The topological polar surface area (TPSA) is 146 Å². The van der Waals surface area contributed by atoms with Crippen LogP contribution in [-0.4, -0.2) is 62.3 Å². The molecule has 0 bridgehead atoms. The molecule has 5 atom stereocenters. The number of methoxy groups -OCH3 is 1. The van der Waals surface area contributed by atoms with Gasteiger partial charge in [-0.3, -0.25) is 14.4 Å². The van der Waals surface area contributed by atoms with Gasteiger partial charge in [0.15, 0.2) is 24.6 Å². The van der Waals surface area contributed by atoms with Crippen LogP contribution in [0.15, 0.2) is 5.11 Å². The fraction of sp³-hybridized carbons (Fsp3) is 0.769. The third-order valence-corrected chi connectivity index (χ3v) is 3.05. The van der Waals surface area contributed by atoms with Crippen molar-refractivity contribution in [1.29, 1.82) is 0 Å². The summed E-state index contributed by atoms with van der Waals surface area (Å²) in [7, 11) is 1.29. The lowest BCUT2D eigenvalue weighted by Crippen LogP contribution is -2.62. The lowest BCUT2D eigenvalue weighted by molar-refractivity contribution is -0.296. The Kier molecular flexibility index (Phi) is 7.43. The van der Waals surface area contributed by atoms with Crippen LogP contribution in [0.5, 0.6) is 0 Å². The van der Waals surface area contributed by atoms with Crippen LogP contribution in [-0.2, 0) is 38.1 Å². The third kappa shape index (κ3) is 5.37. The molecule has 24 heavy (non-hydrogen) atoms. The summed E-state index contributed by atoms with van der Waals surface area (Å²) in [6.45, 7) is 3.25. The van der Waals surface area contributed by atoms with Gasteiger partial charge in [0, 0.05) is 32.8 Å². The summed E-state index contributed by atoms with van der Waals surface area (Å²) in [4.78, 5) is 36.8. The summed E-state index contributed by atoms with van der Waals surface area (Å²) >= 11 is 0. The second kappa shape index (κ2) is 9.06. The average Bonchev–Trinajstić information content (AvgIpc) is 2.48. The number of hydrogen-bond donors (Lipinski definition) is 0. The van der Waals surface area contributed by atoms with E-state index in [1.165, 1.54) is 7.11 Å². The van der Waals surface area contributed by atoms with Gasteiger partial charge in [-0.2, -0.15) is 0 Å². The molecule has 0 aromatic heterocycles. The zero-order chi connectivity index (χ0) is 18.3. The van der Waals surface area contributed by atoms with Gasteiger partial charge in [0.1, 0.15) is 6.10 Å². The molecule has 0 unspecified atom stereocenters. The Balaban J connectivity index is 3.22. The van der Waals surface area contributed by atoms with Crippen molar-refractivity contribution in [2.45, 2.75) is 51.5 Å². The van der Waals surface area contributed by atoms with E-state index in [2.05, 4.69) is 10.0 Å². The molecule has 0 N–H and O–H groups in total. The maximum atomic E-state index is 11.4. The predicted octanol–water partition coefficient (Wildman–Crippen LogP) is 0.463. The number of rotatable bonds is 6. The van der Waals surface area contributed by atoms with Crippen LogP contribution in [0.4, 0.5) is 0 Å². The van der Waals surface area contributed by atoms with Crippen LogP contribution >= 0.6 is 0 Å². The Morgan fingerprint density at radius 2 is 1.50 bits per heavy atom. The van der Waals surface area contributed by atoms with E-state index in [9.17, 15) is 14.4 Å². The molecule has 1 saturated heterocycles. The third-order valence-electron chi connectivity index (χ3n) is 3.05. The number of hydrogen-bond acceptors (Lipinski definition) is 9. The maximum absolute atomic E-state index is 11.4. The molecular weight excluding hydrogens is 326 g/mol. The van der Waals surface area contributed by atoms with Crippen LogP contribution in [0, 0.1) is 0 Å². The minimum Gasteiger partial charge on any atom is -0.456 e. The predicted molar refractivity (Wildman–Crippen MR) is 76.3 cm³/mol. The fourth-order valence-electron chi connectivity index (χ4n) is 2.31. The quantitative estimate of drug-likeness (QED) is 0.222. The monoisotopic (exact) mass is 345 g/mol. The number of esters is 3. The minimum atomic E-state index is -1.19. The zero-order valence-corrected chi connectivity index (χ0v) is 13.7. The van der Waals surface area contributed by atoms with Crippen LogP contribution in [0.25, 0.3) is 10.4 Å². The molecule has 0 saturated carbocycles. The molecule has 0 radical (unpaired) electrons. The van der Waals surface area contributed by atoms with Gasteiger partial charge < -0.3 is 23.7 Å². The standard InChI is InChI=1S/C13H19N3O8/c1-6(17)21-10-9(5-15-16-14)24-13(20-4)12(23-8(3)19)11(10)22-7(2)18/h9-13H,5H2,1-4H3/t9-,10+,11+,12-,13+/m1/s1. The van der Waals surface area contributed by atoms with E-state index in [1.807, 2.05) is 0 Å². The van der Waals surface area contributed by atoms with Crippen molar-refractivity contribution in [3.63, 3.8) is 0 Å². The van der Waals surface area contributed by atoms with Crippen LogP contribution in [0.1, 0.15) is 20.8 Å².